The maximum Gasteiger partial charge on any atom is 0.302 e. The van der Waals surface area contributed by atoms with Crippen LogP contribution in [0.1, 0.15) is 44.6 Å². The number of hydrogen-bond acceptors (Lipinski definition) is 8. The number of allylic oxidation sites excluding steroid dienone is 1. The van der Waals surface area contributed by atoms with Gasteiger partial charge in [0.05, 0.1) is 25.6 Å². The monoisotopic (exact) mass is 455 g/mol. The van der Waals surface area contributed by atoms with Crippen molar-refractivity contribution in [1.29, 1.82) is 0 Å². The number of hydroxylamine groups is 3. The summed E-state index contributed by atoms with van der Waals surface area (Å²) in [6.07, 6.45) is 8.60. The largest absolute Gasteiger partial charge is 0.493 e. The van der Waals surface area contributed by atoms with E-state index < -0.39 is 0 Å². The molecule has 3 aliphatic rings. The Morgan fingerprint density at radius 2 is 2.12 bits per heavy atom. The summed E-state index contributed by atoms with van der Waals surface area (Å²) in [6, 6.07) is 5.67. The third kappa shape index (κ3) is 5.14. The van der Waals surface area contributed by atoms with Crippen molar-refractivity contribution in [2.24, 2.45) is 0 Å². The lowest BCUT2D eigenvalue weighted by Crippen LogP contribution is -2.45. The van der Waals surface area contributed by atoms with E-state index in [9.17, 15) is 9.59 Å². The van der Waals surface area contributed by atoms with Gasteiger partial charge in [0.25, 0.3) is 5.91 Å². The third-order valence-electron chi connectivity index (χ3n) is 5.93. The van der Waals surface area contributed by atoms with Gasteiger partial charge in [-0.1, -0.05) is 6.07 Å². The molecule has 1 amide bonds. The highest BCUT2D eigenvalue weighted by atomic mass is 16.8. The van der Waals surface area contributed by atoms with Gasteiger partial charge in [0.1, 0.15) is 6.10 Å². The number of nitrogens with one attached hydrogen (secondary N) is 2. The summed E-state index contributed by atoms with van der Waals surface area (Å²) < 4.78 is 16.7. The SMILES string of the molecule is CCOc1cc(C2CC(OC(C)=O)CCC2NC(=O)C2=CC3=CNON3C=C2)ccc1OC. The predicted molar refractivity (Wildman–Crippen MR) is 120 cm³/mol. The number of carbonyl (C=O) groups is 2. The van der Waals surface area contributed by atoms with Crippen molar-refractivity contribution in [3.63, 3.8) is 0 Å². The van der Waals surface area contributed by atoms with Crippen molar-refractivity contribution in [3.8, 4) is 11.5 Å². The summed E-state index contributed by atoms with van der Waals surface area (Å²) in [4.78, 5) is 29.8. The molecule has 1 fully saturated rings. The van der Waals surface area contributed by atoms with Crippen LogP contribution in [0.25, 0.3) is 0 Å². The van der Waals surface area contributed by atoms with Gasteiger partial charge in [0, 0.05) is 30.7 Å². The fourth-order valence-corrected chi connectivity index (χ4v) is 4.44. The van der Waals surface area contributed by atoms with Crippen LogP contribution in [0.15, 0.2) is 54.0 Å². The number of carbonyl (C=O) groups excluding carboxylic acids is 2. The molecule has 0 bridgehead atoms. The van der Waals surface area contributed by atoms with E-state index >= 15 is 0 Å². The molecule has 3 unspecified atom stereocenters. The van der Waals surface area contributed by atoms with E-state index in [4.69, 9.17) is 19.1 Å². The molecule has 1 aromatic carbocycles. The smallest absolute Gasteiger partial charge is 0.302 e. The van der Waals surface area contributed by atoms with Crippen LogP contribution in [-0.2, 0) is 19.3 Å². The second-order valence-corrected chi connectivity index (χ2v) is 8.09. The zero-order chi connectivity index (χ0) is 23.4. The Kier molecular flexibility index (Phi) is 6.88. The Bertz CT molecular complexity index is 1000. The molecule has 9 nitrogen and oxygen atoms in total. The number of nitrogens with zero attached hydrogens (tertiary/aromatic N) is 1. The maximum atomic E-state index is 13.1. The topological polar surface area (TPSA) is 98.4 Å². The minimum atomic E-state index is -0.298. The van der Waals surface area contributed by atoms with Crippen molar-refractivity contribution in [1.82, 2.24) is 15.9 Å². The van der Waals surface area contributed by atoms with Gasteiger partial charge in [-0.3, -0.25) is 9.59 Å². The summed E-state index contributed by atoms with van der Waals surface area (Å²) in [5, 5.41) is 4.73. The maximum absolute atomic E-state index is 13.1. The Balaban J connectivity index is 1.56. The first-order chi connectivity index (χ1) is 16.0. The summed E-state index contributed by atoms with van der Waals surface area (Å²) >= 11 is 0. The Morgan fingerprint density at radius 3 is 2.88 bits per heavy atom. The van der Waals surface area contributed by atoms with Crippen LogP contribution >= 0.6 is 0 Å². The second kappa shape index (κ2) is 9.99. The minimum Gasteiger partial charge on any atom is -0.493 e. The molecule has 0 radical (unpaired) electrons. The van der Waals surface area contributed by atoms with Crippen LogP contribution in [0.3, 0.4) is 0 Å². The normalized spacial score (nSPS) is 23.6. The lowest BCUT2D eigenvalue weighted by atomic mass is 9.78. The zero-order valence-corrected chi connectivity index (χ0v) is 19.0. The molecule has 2 heterocycles. The number of ether oxygens (including phenoxy) is 3. The summed E-state index contributed by atoms with van der Waals surface area (Å²) in [6.45, 7) is 3.84. The van der Waals surface area contributed by atoms with Crippen LogP contribution in [0.2, 0.25) is 0 Å². The number of rotatable bonds is 7. The molecule has 1 aromatic rings. The molecule has 176 valence electrons. The van der Waals surface area contributed by atoms with E-state index in [0.29, 0.717) is 42.9 Å². The standard InChI is InChI=1S/C24H29N3O6/c1-4-31-23-12-16(5-8-22(23)30-3)20-13-19(32-15(2)28)6-7-21(20)26-24(29)17-9-10-27-18(11-17)14-25-33-27/h5,8-12,14,19-21,25H,4,6-7,13H2,1-3H3,(H,26,29). The van der Waals surface area contributed by atoms with Gasteiger partial charge in [0.15, 0.2) is 11.5 Å². The average molecular weight is 456 g/mol. The minimum absolute atomic E-state index is 0.0578. The van der Waals surface area contributed by atoms with E-state index in [-0.39, 0.29) is 29.9 Å². The fourth-order valence-electron chi connectivity index (χ4n) is 4.44. The molecule has 1 aliphatic carbocycles. The van der Waals surface area contributed by atoms with Crippen molar-refractivity contribution in [3.05, 3.63) is 59.6 Å². The van der Waals surface area contributed by atoms with E-state index in [2.05, 4.69) is 10.8 Å². The first-order valence-corrected chi connectivity index (χ1v) is 11.1. The van der Waals surface area contributed by atoms with Crippen LogP contribution < -0.4 is 20.3 Å². The molecule has 4 rings (SSSR count). The van der Waals surface area contributed by atoms with Gasteiger partial charge in [0.2, 0.25) is 0 Å². The summed E-state index contributed by atoms with van der Waals surface area (Å²) in [7, 11) is 1.60. The van der Waals surface area contributed by atoms with Gasteiger partial charge in [-0.25, -0.2) is 10.5 Å². The lowest BCUT2D eigenvalue weighted by molar-refractivity contribution is -0.148. The fraction of sp³-hybridized carbons (Fsp3) is 0.417. The van der Waals surface area contributed by atoms with E-state index in [1.807, 2.05) is 25.1 Å². The van der Waals surface area contributed by atoms with Crippen molar-refractivity contribution in [2.45, 2.75) is 51.2 Å². The highest BCUT2D eigenvalue weighted by Gasteiger charge is 2.35. The van der Waals surface area contributed by atoms with Gasteiger partial charge in [-0.2, -0.15) is 4.94 Å². The van der Waals surface area contributed by atoms with Crippen molar-refractivity contribution >= 4 is 11.9 Å². The Hall–Kier alpha value is -3.46. The van der Waals surface area contributed by atoms with Crippen molar-refractivity contribution < 1.29 is 28.7 Å². The highest BCUT2D eigenvalue weighted by molar-refractivity contribution is 5.97. The van der Waals surface area contributed by atoms with Crippen LogP contribution in [0.4, 0.5) is 0 Å². The molecule has 0 aromatic heterocycles. The first-order valence-electron chi connectivity index (χ1n) is 11.1. The second-order valence-electron chi connectivity index (χ2n) is 8.09. The number of hydrogen-bond donors (Lipinski definition) is 2. The van der Waals surface area contributed by atoms with Gasteiger partial charge in [-0.05, 0) is 56.0 Å². The first kappa shape index (κ1) is 22.7. The zero-order valence-electron chi connectivity index (χ0n) is 19.0. The molecule has 33 heavy (non-hydrogen) atoms. The lowest BCUT2D eigenvalue weighted by Gasteiger charge is -2.37. The molecular formula is C24H29N3O6. The quantitative estimate of drug-likeness (QED) is 0.606. The van der Waals surface area contributed by atoms with Crippen molar-refractivity contribution in [2.75, 3.05) is 13.7 Å². The van der Waals surface area contributed by atoms with Gasteiger partial charge in [-0.15, -0.1) is 0 Å². The van der Waals surface area contributed by atoms with Crippen LogP contribution in [-0.4, -0.2) is 42.8 Å². The molecule has 2 N–H and O–H groups in total. The predicted octanol–water partition coefficient (Wildman–Crippen LogP) is 2.82. The summed E-state index contributed by atoms with van der Waals surface area (Å²) in [5.74, 6) is 0.775. The van der Waals surface area contributed by atoms with Crippen LogP contribution in [0.5, 0.6) is 11.5 Å². The third-order valence-corrected chi connectivity index (χ3v) is 5.93. The number of esters is 1. The molecule has 2 aliphatic heterocycles. The molecule has 3 atom stereocenters. The average Bonchev–Trinajstić information content (AvgIpc) is 3.28. The molecule has 9 heteroatoms. The molecule has 1 saturated carbocycles. The number of fused-ring (bicyclic) bond motifs is 1. The van der Waals surface area contributed by atoms with Crippen LogP contribution in [0, 0.1) is 0 Å². The van der Waals surface area contributed by atoms with E-state index in [1.54, 1.807) is 31.7 Å². The van der Waals surface area contributed by atoms with E-state index in [1.165, 1.54) is 12.0 Å². The van der Waals surface area contributed by atoms with Gasteiger partial charge < -0.3 is 19.5 Å². The molecule has 0 saturated heterocycles. The summed E-state index contributed by atoms with van der Waals surface area (Å²) in [5.41, 5.74) is 4.93. The number of benzene rings is 1. The molecule has 0 spiro atoms. The molecular weight excluding hydrogens is 426 g/mol. The Morgan fingerprint density at radius 1 is 1.27 bits per heavy atom. The van der Waals surface area contributed by atoms with Gasteiger partial charge >= 0.3 is 5.97 Å². The number of methoxy groups -OCH3 is 1. The Labute approximate surface area is 192 Å². The van der Waals surface area contributed by atoms with E-state index in [0.717, 1.165) is 11.3 Å². The highest BCUT2D eigenvalue weighted by Crippen LogP contribution is 2.39. The number of amides is 1.